The van der Waals surface area contributed by atoms with Crippen molar-refractivity contribution < 1.29 is 9.59 Å². The maximum absolute atomic E-state index is 12.3. The van der Waals surface area contributed by atoms with Crippen LogP contribution < -0.4 is 5.32 Å². The lowest BCUT2D eigenvalue weighted by atomic mass is 10.2. The number of likely N-dealkylation sites (tertiary alicyclic amines) is 1. The number of hydrogen-bond acceptors (Lipinski definition) is 5. The Hall–Kier alpha value is -2.22. The highest BCUT2D eigenvalue weighted by Crippen LogP contribution is 2.11. The zero-order valence-electron chi connectivity index (χ0n) is 12.8. The molecule has 3 heterocycles. The van der Waals surface area contributed by atoms with Gasteiger partial charge in [0, 0.05) is 18.5 Å². The molecule has 0 atom stereocenters. The van der Waals surface area contributed by atoms with Gasteiger partial charge < -0.3 is 4.90 Å². The van der Waals surface area contributed by atoms with E-state index >= 15 is 0 Å². The van der Waals surface area contributed by atoms with E-state index in [1.54, 1.807) is 11.4 Å². The topological polar surface area (TPSA) is 80.1 Å². The highest BCUT2D eigenvalue weighted by Gasteiger charge is 2.17. The standard InChI is InChI=1S/C15H19N5O2S/c21-13(19-6-3-1-2-4-7-19)9-20-11-16-15(18-20)17-14(22)12-5-8-23-10-12/h5,8,10-11H,1-4,6-7,9H2,(H,17,18,22). The summed E-state index contributed by atoms with van der Waals surface area (Å²) in [5.74, 6) is 0.0141. The Kier molecular flexibility index (Phi) is 5.02. The fourth-order valence-electron chi connectivity index (χ4n) is 2.55. The number of nitrogens with zero attached hydrogens (tertiary/aromatic N) is 4. The summed E-state index contributed by atoms with van der Waals surface area (Å²) in [4.78, 5) is 30.1. The first-order valence-corrected chi connectivity index (χ1v) is 8.67. The molecule has 1 aliphatic rings. The first-order valence-electron chi connectivity index (χ1n) is 7.73. The van der Waals surface area contributed by atoms with Gasteiger partial charge in [0.15, 0.2) is 0 Å². The molecular weight excluding hydrogens is 314 g/mol. The van der Waals surface area contributed by atoms with Crippen molar-refractivity contribution in [3.8, 4) is 0 Å². The predicted octanol–water partition coefficient (Wildman–Crippen LogP) is 1.99. The summed E-state index contributed by atoms with van der Waals surface area (Å²) in [5, 5.41) is 10.4. The van der Waals surface area contributed by atoms with Crippen LogP contribution in [0.5, 0.6) is 0 Å². The van der Waals surface area contributed by atoms with Crippen LogP contribution in [0.15, 0.2) is 23.2 Å². The molecule has 122 valence electrons. The molecule has 23 heavy (non-hydrogen) atoms. The van der Waals surface area contributed by atoms with Crippen molar-refractivity contribution in [1.29, 1.82) is 0 Å². The van der Waals surface area contributed by atoms with E-state index in [9.17, 15) is 9.59 Å². The fraction of sp³-hybridized carbons (Fsp3) is 0.467. The molecule has 3 rings (SSSR count). The van der Waals surface area contributed by atoms with Crippen molar-refractivity contribution in [1.82, 2.24) is 19.7 Å². The monoisotopic (exact) mass is 333 g/mol. The summed E-state index contributed by atoms with van der Waals surface area (Å²) in [5.41, 5.74) is 0.576. The third kappa shape index (κ3) is 4.16. The first kappa shape index (κ1) is 15.7. The molecule has 0 unspecified atom stereocenters. The van der Waals surface area contributed by atoms with E-state index in [2.05, 4.69) is 15.4 Å². The molecule has 0 spiro atoms. The van der Waals surface area contributed by atoms with Gasteiger partial charge in [-0.15, -0.1) is 5.10 Å². The van der Waals surface area contributed by atoms with Crippen LogP contribution in [0.3, 0.4) is 0 Å². The van der Waals surface area contributed by atoms with E-state index in [0.717, 1.165) is 25.9 Å². The normalized spacial score (nSPS) is 15.2. The number of thiophene rings is 1. The number of carbonyl (C=O) groups is 2. The van der Waals surface area contributed by atoms with Crippen LogP contribution in [0.25, 0.3) is 0 Å². The number of carbonyl (C=O) groups excluding carboxylic acids is 2. The Bertz CT molecular complexity index is 659. The van der Waals surface area contributed by atoms with Crippen LogP contribution in [0.1, 0.15) is 36.0 Å². The van der Waals surface area contributed by atoms with Gasteiger partial charge in [-0.1, -0.05) is 12.8 Å². The van der Waals surface area contributed by atoms with Crippen molar-refractivity contribution in [3.05, 3.63) is 28.7 Å². The third-order valence-electron chi connectivity index (χ3n) is 3.80. The number of amides is 2. The van der Waals surface area contributed by atoms with Crippen molar-refractivity contribution in [2.45, 2.75) is 32.2 Å². The van der Waals surface area contributed by atoms with Gasteiger partial charge >= 0.3 is 0 Å². The van der Waals surface area contributed by atoms with Gasteiger partial charge in [-0.05, 0) is 24.3 Å². The van der Waals surface area contributed by atoms with Crippen LogP contribution in [0, 0.1) is 0 Å². The fourth-order valence-corrected chi connectivity index (χ4v) is 3.19. The molecule has 0 aromatic carbocycles. The summed E-state index contributed by atoms with van der Waals surface area (Å²) >= 11 is 1.45. The summed E-state index contributed by atoms with van der Waals surface area (Å²) in [6.07, 6.45) is 5.97. The van der Waals surface area contributed by atoms with E-state index in [4.69, 9.17) is 0 Å². The first-order chi connectivity index (χ1) is 11.2. The molecule has 1 fully saturated rings. The average Bonchev–Trinajstić information content (AvgIpc) is 3.14. The second kappa shape index (κ2) is 7.36. The summed E-state index contributed by atoms with van der Waals surface area (Å²) in [6.45, 7) is 1.78. The minimum Gasteiger partial charge on any atom is -0.341 e. The van der Waals surface area contributed by atoms with Gasteiger partial charge in [-0.2, -0.15) is 11.3 Å². The highest BCUT2D eigenvalue weighted by molar-refractivity contribution is 7.08. The van der Waals surface area contributed by atoms with E-state index in [0.29, 0.717) is 5.56 Å². The second-order valence-corrected chi connectivity index (χ2v) is 6.31. The van der Waals surface area contributed by atoms with Gasteiger partial charge in [-0.25, -0.2) is 9.67 Å². The lowest BCUT2D eigenvalue weighted by Crippen LogP contribution is -2.34. The molecular formula is C15H19N5O2S. The summed E-state index contributed by atoms with van der Waals surface area (Å²) in [7, 11) is 0. The maximum atomic E-state index is 12.3. The molecule has 2 amide bonds. The molecule has 1 N–H and O–H groups in total. The Morgan fingerprint density at radius 1 is 1.22 bits per heavy atom. The third-order valence-corrected chi connectivity index (χ3v) is 4.48. The molecule has 2 aromatic rings. The number of nitrogens with one attached hydrogen (secondary N) is 1. The molecule has 1 aliphatic heterocycles. The number of anilines is 1. The van der Waals surface area contributed by atoms with Crippen molar-refractivity contribution in [2.75, 3.05) is 18.4 Å². The van der Waals surface area contributed by atoms with Gasteiger partial charge in [-0.3, -0.25) is 14.9 Å². The molecule has 0 saturated carbocycles. The molecule has 8 heteroatoms. The van der Waals surface area contributed by atoms with Crippen LogP contribution >= 0.6 is 11.3 Å². The molecule has 2 aromatic heterocycles. The number of rotatable bonds is 4. The zero-order chi connectivity index (χ0) is 16.1. The maximum Gasteiger partial charge on any atom is 0.258 e. The van der Waals surface area contributed by atoms with E-state index in [1.807, 2.05) is 10.3 Å². The van der Waals surface area contributed by atoms with E-state index in [-0.39, 0.29) is 24.3 Å². The van der Waals surface area contributed by atoms with Crippen LogP contribution in [0.4, 0.5) is 5.95 Å². The van der Waals surface area contributed by atoms with Crippen LogP contribution in [-0.2, 0) is 11.3 Å². The van der Waals surface area contributed by atoms with Gasteiger partial charge in [0.2, 0.25) is 11.9 Å². The second-order valence-electron chi connectivity index (χ2n) is 5.53. The molecule has 7 nitrogen and oxygen atoms in total. The molecule has 1 saturated heterocycles. The Labute approximate surface area is 138 Å². The van der Waals surface area contributed by atoms with Crippen molar-refractivity contribution in [2.24, 2.45) is 0 Å². The van der Waals surface area contributed by atoms with Crippen molar-refractivity contribution >= 4 is 29.1 Å². The minimum atomic E-state index is -0.247. The predicted molar refractivity (Wildman–Crippen MR) is 87.3 cm³/mol. The minimum absolute atomic E-state index is 0.0486. The largest absolute Gasteiger partial charge is 0.341 e. The molecule has 0 bridgehead atoms. The van der Waals surface area contributed by atoms with E-state index < -0.39 is 0 Å². The average molecular weight is 333 g/mol. The van der Waals surface area contributed by atoms with Gasteiger partial charge in [0.05, 0.1) is 5.56 Å². The van der Waals surface area contributed by atoms with Crippen molar-refractivity contribution in [3.63, 3.8) is 0 Å². The number of aromatic nitrogens is 3. The molecule has 0 aliphatic carbocycles. The van der Waals surface area contributed by atoms with Crippen LogP contribution in [-0.4, -0.2) is 44.6 Å². The van der Waals surface area contributed by atoms with Gasteiger partial charge in [0.1, 0.15) is 12.9 Å². The summed E-state index contributed by atoms with van der Waals surface area (Å²) in [6, 6.07) is 1.74. The Morgan fingerprint density at radius 2 is 2.00 bits per heavy atom. The van der Waals surface area contributed by atoms with E-state index in [1.165, 1.54) is 35.2 Å². The Morgan fingerprint density at radius 3 is 2.70 bits per heavy atom. The van der Waals surface area contributed by atoms with Crippen LogP contribution in [0.2, 0.25) is 0 Å². The lowest BCUT2D eigenvalue weighted by molar-refractivity contribution is -0.132. The molecule has 0 radical (unpaired) electrons. The quantitative estimate of drug-likeness (QED) is 0.928. The van der Waals surface area contributed by atoms with Gasteiger partial charge in [0.25, 0.3) is 5.91 Å². The summed E-state index contributed by atoms with van der Waals surface area (Å²) < 4.78 is 1.47. The lowest BCUT2D eigenvalue weighted by Gasteiger charge is -2.19. The SMILES string of the molecule is O=C(Nc1ncn(CC(=O)N2CCCCCC2)n1)c1ccsc1. The Balaban J connectivity index is 1.56. The zero-order valence-corrected chi connectivity index (χ0v) is 13.6. The highest BCUT2D eigenvalue weighted by atomic mass is 32.1. The number of hydrogen-bond donors (Lipinski definition) is 1. The smallest absolute Gasteiger partial charge is 0.258 e.